The maximum atomic E-state index is 6.01. The smallest absolute Gasteiger partial charge is 0.146 e. The second-order valence-corrected chi connectivity index (χ2v) is 6.54. The number of hydrogen-bond donors (Lipinski definition) is 1. The molecule has 0 saturated carbocycles. The third kappa shape index (κ3) is 3.67. The lowest BCUT2D eigenvalue weighted by Gasteiger charge is -2.23. The van der Waals surface area contributed by atoms with Crippen LogP contribution in [-0.4, -0.2) is 0 Å². The van der Waals surface area contributed by atoms with Crippen molar-refractivity contribution in [3.8, 4) is 5.75 Å². The average molecular weight is 287 g/mol. The number of ether oxygens (including phenoxy) is 1. The number of nitrogens with two attached hydrogens (primary N) is 1. The number of hydrogen-bond acceptors (Lipinski definition) is 3. The Bertz CT molecular complexity index is 621. The molecule has 2 aromatic rings. The first kappa shape index (κ1) is 15.6. The lowest BCUT2D eigenvalue weighted by molar-refractivity contribution is 0.261. The van der Waals surface area contributed by atoms with Gasteiger partial charge in [-0.15, -0.1) is 0 Å². The molecular formula is C18H25NO2. The van der Waals surface area contributed by atoms with E-state index in [1.165, 1.54) is 11.1 Å². The third-order valence-corrected chi connectivity index (χ3v) is 3.61. The van der Waals surface area contributed by atoms with Crippen molar-refractivity contribution in [2.45, 2.75) is 53.2 Å². The summed E-state index contributed by atoms with van der Waals surface area (Å²) in [5.41, 5.74) is 9.15. The molecule has 0 radical (unpaired) electrons. The Morgan fingerprint density at radius 3 is 2.43 bits per heavy atom. The molecule has 0 aliphatic carbocycles. The zero-order chi connectivity index (χ0) is 15.6. The molecule has 3 heteroatoms. The Labute approximate surface area is 127 Å². The first-order valence-electron chi connectivity index (χ1n) is 7.33. The van der Waals surface area contributed by atoms with Crippen molar-refractivity contribution >= 4 is 0 Å². The first-order chi connectivity index (χ1) is 9.81. The molecular weight excluding hydrogens is 262 g/mol. The van der Waals surface area contributed by atoms with E-state index in [1.807, 2.05) is 13.0 Å². The zero-order valence-corrected chi connectivity index (χ0v) is 13.6. The van der Waals surface area contributed by atoms with Crippen LogP contribution in [0.3, 0.4) is 0 Å². The lowest BCUT2D eigenvalue weighted by atomic mass is 9.86. The molecule has 1 aromatic carbocycles. The van der Waals surface area contributed by atoms with Gasteiger partial charge in [-0.05, 0) is 42.5 Å². The molecule has 2 N–H and O–H groups in total. The minimum absolute atomic E-state index is 0.0462. The van der Waals surface area contributed by atoms with Crippen LogP contribution >= 0.6 is 0 Å². The molecule has 0 fully saturated rings. The van der Waals surface area contributed by atoms with E-state index in [0.717, 1.165) is 22.8 Å². The summed E-state index contributed by atoms with van der Waals surface area (Å²) in [5, 5.41) is 0. The molecule has 0 unspecified atom stereocenters. The van der Waals surface area contributed by atoms with Gasteiger partial charge in [0, 0.05) is 12.1 Å². The van der Waals surface area contributed by atoms with Gasteiger partial charge in [-0.1, -0.05) is 32.9 Å². The predicted molar refractivity (Wildman–Crippen MR) is 85.5 cm³/mol. The van der Waals surface area contributed by atoms with Crippen molar-refractivity contribution in [1.82, 2.24) is 0 Å². The summed E-state index contributed by atoms with van der Waals surface area (Å²) in [6.45, 7) is 11.5. The minimum Gasteiger partial charge on any atom is -0.485 e. The minimum atomic E-state index is 0.0462. The summed E-state index contributed by atoms with van der Waals surface area (Å²) < 4.78 is 11.7. The number of aryl methyl sites for hydroxylation is 2. The van der Waals surface area contributed by atoms with Crippen LogP contribution in [0.15, 0.2) is 28.7 Å². The maximum absolute atomic E-state index is 6.01. The second kappa shape index (κ2) is 5.94. The molecule has 2 rings (SSSR count). The van der Waals surface area contributed by atoms with E-state index in [2.05, 4.69) is 45.9 Å². The predicted octanol–water partition coefficient (Wildman–Crippen LogP) is 4.23. The quantitative estimate of drug-likeness (QED) is 0.915. The second-order valence-electron chi connectivity index (χ2n) is 6.54. The van der Waals surface area contributed by atoms with Crippen molar-refractivity contribution in [1.29, 1.82) is 0 Å². The van der Waals surface area contributed by atoms with Gasteiger partial charge in [-0.3, -0.25) is 0 Å². The van der Waals surface area contributed by atoms with Crippen LogP contribution in [0.2, 0.25) is 0 Å². The maximum Gasteiger partial charge on any atom is 0.146 e. The Morgan fingerprint density at radius 1 is 1.14 bits per heavy atom. The summed E-state index contributed by atoms with van der Waals surface area (Å²) in [4.78, 5) is 0. The molecule has 0 amide bonds. The molecule has 3 nitrogen and oxygen atoms in total. The molecule has 0 spiro atoms. The Morgan fingerprint density at radius 2 is 1.86 bits per heavy atom. The van der Waals surface area contributed by atoms with Gasteiger partial charge >= 0.3 is 0 Å². The van der Waals surface area contributed by atoms with Gasteiger partial charge in [0.2, 0.25) is 0 Å². The number of benzene rings is 1. The van der Waals surface area contributed by atoms with Crippen molar-refractivity contribution in [3.05, 3.63) is 52.5 Å². The van der Waals surface area contributed by atoms with E-state index >= 15 is 0 Å². The van der Waals surface area contributed by atoms with Crippen molar-refractivity contribution in [3.63, 3.8) is 0 Å². The first-order valence-corrected chi connectivity index (χ1v) is 7.33. The van der Waals surface area contributed by atoms with Crippen LogP contribution in [0.25, 0.3) is 0 Å². The summed E-state index contributed by atoms with van der Waals surface area (Å²) in [5.74, 6) is 2.61. The Kier molecular flexibility index (Phi) is 4.43. The van der Waals surface area contributed by atoms with Gasteiger partial charge in [-0.2, -0.15) is 0 Å². The highest BCUT2D eigenvalue weighted by Crippen LogP contribution is 2.32. The van der Waals surface area contributed by atoms with Gasteiger partial charge < -0.3 is 14.9 Å². The summed E-state index contributed by atoms with van der Waals surface area (Å²) in [6, 6.07) is 8.32. The fourth-order valence-electron chi connectivity index (χ4n) is 2.38. The van der Waals surface area contributed by atoms with E-state index < -0.39 is 0 Å². The standard InChI is InChI=1S/C18H25NO2/c1-12-6-7-16(18(3,4)5)17(8-12)20-11-15-9-14(10-19)13(2)21-15/h6-9H,10-11,19H2,1-5H3. The topological polar surface area (TPSA) is 48.4 Å². The van der Waals surface area contributed by atoms with E-state index in [0.29, 0.717) is 13.2 Å². The van der Waals surface area contributed by atoms with E-state index in [9.17, 15) is 0 Å². The van der Waals surface area contributed by atoms with Gasteiger partial charge in [0.05, 0.1) is 0 Å². The molecule has 0 saturated heterocycles. The molecule has 0 atom stereocenters. The Hall–Kier alpha value is -1.74. The van der Waals surface area contributed by atoms with Gasteiger partial charge in [0.1, 0.15) is 23.9 Å². The molecule has 0 aliphatic rings. The van der Waals surface area contributed by atoms with E-state index in [1.54, 1.807) is 0 Å². The van der Waals surface area contributed by atoms with E-state index in [-0.39, 0.29) is 5.41 Å². The SMILES string of the molecule is Cc1ccc(C(C)(C)C)c(OCc2cc(CN)c(C)o2)c1. The zero-order valence-electron chi connectivity index (χ0n) is 13.6. The summed E-state index contributed by atoms with van der Waals surface area (Å²) >= 11 is 0. The van der Waals surface area contributed by atoms with Gasteiger partial charge in [-0.25, -0.2) is 0 Å². The summed E-state index contributed by atoms with van der Waals surface area (Å²) in [7, 11) is 0. The molecule has 0 bridgehead atoms. The van der Waals surface area contributed by atoms with Crippen LogP contribution in [-0.2, 0) is 18.6 Å². The van der Waals surface area contributed by atoms with Crippen LogP contribution in [0.1, 0.15) is 49.0 Å². The lowest BCUT2D eigenvalue weighted by Crippen LogP contribution is -2.13. The van der Waals surface area contributed by atoms with Crippen LogP contribution in [0, 0.1) is 13.8 Å². The van der Waals surface area contributed by atoms with Crippen LogP contribution in [0.4, 0.5) is 0 Å². The fraction of sp³-hybridized carbons (Fsp3) is 0.444. The van der Waals surface area contributed by atoms with Crippen molar-refractivity contribution in [2.75, 3.05) is 0 Å². The van der Waals surface area contributed by atoms with E-state index in [4.69, 9.17) is 14.9 Å². The number of furan rings is 1. The normalized spacial score (nSPS) is 11.7. The molecule has 1 aromatic heterocycles. The third-order valence-electron chi connectivity index (χ3n) is 3.61. The average Bonchev–Trinajstić information content (AvgIpc) is 2.75. The largest absolute Gasteiger partial charge is 0.485 e. The highest BCUT2D eigenvalue weighted by molar-refractivity contribution is 5.41. The highest BCUT2D eigenvalue weighted by Gasteiger charge is 2.19. The monoisotopic (exact) mass is 287 g/mol. The van der Waals surface area contributed by atoms with Crippen molar-refractivity contribution < 1.29 is 9.15 Å². The summed E-state index contributed by atoms with van der Waals surface area (Å²) in [6.07, 6.45) is 0. The molecule has 21 heavy (non-hydrogen) atoms. The van der Waals surface area contributed by atoms with Crippen LogP contribution < -0.4 is 10.5 Å². The van der Waals surface area contributed by atoms with Crippen molar-refractivity contribution in [2.24, 2.45) is 5.73 Å². The number of rotatable bonds is 4. The fourth-order valence-corrected chi connectivity index (χ4v) is 2.38. The molecule has 114 valence electrons. The molecule has 1 heterocycles. The Balaban J connectivity index is 2.21. The van der Waals surface area contributed by atoms with Gasteiger partial charge in [0.25, 0.3) is 0 Å². The van der Waals surface area contributed by atoms with Gasteiger partial charge in [0.15, 0.2) is 0 Å². The molecule has 0 aliphatic heterocycles. The van der Waals surface area contributed by atoms with Crippen LogP contribution in [0.5, 0.6) is 5.75 Å². The highest BCUT2D eigenvalue weighted by atomic mass is 16.5.